The van der Waals surface area contributed by atoms with E-state index in [0.717, 1.165) is 9.13 Å². The first-order chi connectivity index (χ1) is 16.2. The highest BCUT2D eigenvalue weighted by Crippen LogP contribution is 2.53. The van der Waals surface area contributed by atoms with Crippen molar-refractivity contribution in [3.05, 3.63) is 86.6 Å². The van der Waals surface area contributed by atoms with Gasteiger partial charge in [-0.15, -0.1) is 0 Å². The number of fused-ring (bicyclic) bond motifs is 1. The Morgan fingerprint density at radius 3 is 2.26 bits per heavy atom. The second-order valence-corrected chi connectivity index (χ2v) is 8.07. The average Bonchev–Trinajstić information content (AvgIpc) is 3.17. The molecule has 11 heteroatoms. The van der Waals surface area contributed by atoms with Crippen LogP contribution in [0.3, 0.4) is 0 Å². The Morgan fingerprint density at radius 2 is 1.68 bits per heavy atom. The number of rotatable bonds is 4. The van der Waals surface area contributed by atoms with Gasteiger partial charge in [0.15, 0.2) is 11.9 Å². The summed E-state index contributed by atoms with van der Waals surface area (Å²) in [5.41, 5.74) is -3.25. The zero-order chi connectivity index (χ0) is 24.8. The molecule has 0 spiro atoms. The zero-order valence-corrected chi connectivity index (χ0v) is 19.1. The Balaban J connectivity index is 2.23. The van der Waals surface area contributed by atoms with Crippen LogP contribution >= 0.6 is 0 Å². The topological polar surface area (TPSA) is 142 Å². The minimum Gasteiger partial charge on any atom is -0.860 e. The van der Waals surface area contributed by atoms with Crippen molar-refractivity contribution in [2.75, 3.05) is 14.1 Å². The number of carbonyl (C=O) groups excluding carboxylic acids is 2. The molecular formula is C23H24N6O5. The summed E-state index contributed by atoms with van der Waals surface area (Å²) in [7, 11) is 5.26. The van der Waals surface area contributed by atoms with Gasteiger partial charge in [-0.1, -0.05) is 12.1 Å². The number of nitrogens with zero attached hydrogens (tertiary/aromatic N) is 4. The number of carbonyl (C=O) groups is 2. The van der Waals surface area contributed by atoms with Crippen molar-refractivity contribution < 1.29 is 19.3 Å². The second kappa shape index (κ2) is 8.25. The molecule has 4 heterocycles. The quantitative estimate of drug-likeness (QED) is 0.340. The number of hydrogen-bond donors (Lipinski definition) is 2. The monoisotopic (exact) mass is 464 g/mol. The van der Waals surface area contributed by atoms with Crippen LogP contribution in [0.4, 0.5) is 0 Å². The molecule has 0 saturated heterocycles. The van der Waals surface area contributed by atoms with Crippen LogP contribution in [0.5, 0.6) is 5.88 Å². The van der Waals surface area contributed by atoms with Crippen molar-refractivity contribution in [1.82, 2.24) is 24.8 Å². The van der Waals surface area contributed by atoms with Gasteiger partial charge in [-0.05, 0) is 18.0 Å². The molecule has 0 aromatic carbocycles. The van der Waals surface area contributed by atoms with Gasteiger partial charge in [0.25, 0.3) is 5.56 Å². The summed E-state index contributed by atoms with van der Waals surface area (Å²) in [6.07, 6.45) is 3.21. The molecule has 3 aromatic heterocycles. The number of nitrogens with one attached hydrogen (secondary N) is 2. The van der Waals surface area contributed by atoms with Gasteiger partial charge in [0.1, 0.15) is 11.6 Å². The third-order valence-electron chi connectivity index (χ3n) is 6.49. The first-order valence-corrected chi connectivity index (χ1v) is 10.6. The summed E-state index contributed by atoms with van der Waals surface area (Å²) in [5, 5.41) is 18.5. The molecule has 1 aliphatic rings. The summed E-state index contributed by atoms with van der Waals surface area (Å²) in [6, 6.07) is 9.17. The highest BCUT2D eigenvalue weighted by Gasteiger charge is 2.70. The van der Waals surface area contributed by atoms with E-state index in [4.69, 9.17) is 0 Å². The van der Waals surface area contributed by atoms with Crippen LogP contribution in [0.25, 0.3) is 0 Å². The zero-order valence-electron chi connectivity index (χ0n) is 19.1. The molecule has 1 aliphatic heterocycles. The lowest BCUT2D eigenvalue weighted by atomic mass is 9.66. The minimum atomic E-state index is -2.01. The Labute approximate surface area is 194 Å². The lowest BCUT2D eigenvalue weighted by Crippen LogP contribution is -2.59. The molecule has 0 bridgehead atoms. The molecule has 11 nitrogen and oxygen atoms in total. The Kier molecular flexibility index (Phi) is 5.56. The smallest absolute Gasteiger partial charge is 0.329 e. The number of hydrogen-bond acceptors (Lipinski definition) is 6. The summed E-state index contributed by atoms with van der Waals surface area (Å²) >= 11 is 0. The molecule has 2 unspecified atom stereocenters. The average molecular weight is 464 g/mol. The lowest BCUT2D eigenvalue weighted by Gasteiger charge is -2.33. The van der Waals surface area contributed by atoms with E-state index in [1.165, 1.54) is 34.4 Å². The van der Waals surface area contributed by atoms with E-state index >= 15 is 0 Å². The Morgan fingerprint density at radius 1 is 1.03 bits per heavy atom. The number of amides is 2. The summed E-state index contributed by atoms with van der Waals surface area (Å²) in [4.78, 5) is 57.7. The van der Waals surface area contributed by atoms with Crippen molar-refractivity contribution in [3.8, 4) is 5.88 Å². The molecule has 2 atom stereocenters. The molecule has 2 N–H and O–H groups in total. The molecule has 4 rings (SSSR count). The molecule has 2 amide bonds. The van der Waals surface area contributed by atoms with Gasteiger partial charge in [-0.2, -0.15) is 4.57 Å². The second-order valence-electron chi connectivity index (χ2n) is 8.07. The van der Waals surface area contributed by atoms with Crippen LogP contribution in [-0.2, 0) is 23.7 Å². The Bertz CT molecular complexity index is 1400. The van der Waals surface area contributed by atoms with E-state index in [0.29, 0.717) is 11.4 Å². The first-order valence-electron chi connectivity index (χ1n) is 10.6. The highest BCUT2D eigenvalue weighted by molar-refractivity contribution is 6.07. The van der Waals surface area contributed by atoms with Gasteiger partial charge in [-0.25, -0.2) is 4.79 Å². The van der Waals surface area contributed by atoms with Crippen molar-refractivity contribution in [1.29, 1.82) is 0 Å². The molecule has 0 radical (unpaired) electrons. The van der Waals surface area contributed by atoms with Gasteiger partial charge in [-0.3, -0.25) is 23.9 Å². The number of aromatic nitrogens is 4. The van der Waals surface area contributed by atoms with Gasteiger partial charge in [0.2, 0.25) is 23.3 Å². The molecule has 0 aliphatic carbocycles. The fourth-order valence-electron chi connectivity index (χ4n) is 4.97. The molecule has 176 valence electrons. The summed E-state index contributed by atoms with van der Waals surface area (Å²) in [5.74, 6) is -3.58. The Hall–Kier alpha value is -4.28. The minimum absolute atomic E-state index is 0.352. The van der Waals surface area contributed by atoms with Gasteiger partial charge in [0, 0.05) is 52.1 Å². The largest absolute Gasteiger partial charge is 0.860 e. The van der Waals surface area contributed by atoms with Crippen LogP contribution < -0.4 is 31.6 Å². The van der Waals surface area contributed by atoms with E-state index in [-0.39, 0.29) is 5.56 Å². The SMILES string of the molecule is CNC(=O)C1(C(=O)NC)C(c2c([O-])n(C)c(=O)n(C)c2=O)c2cccc[n+]2C1c1ccccn1. The molecule has 34 heavy (non-hydrogen) atoms. The van der Waals surface area contributed by atoms with E-state index < -0.39 is 46.3 Å². The van der Waals surface area contributed by atoms with Gasteiger partial charge >= 0.3 is 5.69 Å². The maximum absolute atomic E-state index is 13.7. The van der Waals surface area contributed by atoms with E-state index in [1.807, 2.05) is 0 Å². The van der Waals surface area contributed by atoms with Crippen LogP contribution in [0.1, 0.15) is 28.9 Å². The predicted octanol–water partition coefficient (Wildman–Crippen LogP) is -1.95. The van der Waals surface area contributed by atoms with Gasteiger partial charge < -0.3 is 20.3 Å². The molecule has 0 saturated carbocycles. The lowest BCUT2D eigenvalue weighted by molar-refractivity contribution is -0.713. The molecule has 3 aromatic rings. The van der Waals surface area contributed by atoms with Crippen LogP contribution in [0, 0.1) is 5.41 Å². The van der Waals surface area contributed by atoms with Gasteiger partial charge in [0.05, 0.1) is 0 Å². The van der Waals surface area contributed by atoms with Crippen LogP contribution in [0.15, 0.2) is 58.4 Å². The third kappa shape index (κ3) is 2.89. The molecule has 0 fully saturated rings. The van der Waals surface area contributed by atoms with Crippen molar-refractivity contribution in [2.45, 2.75) is 12.0 Å². The molecular weight excluding hydrogens is 440 g/mol. The summed E-state index contributed by atoms with van der Waals surface area (Å²) in [6.45, 7) is 0. The first kappa shape index (κ1) is 22.9. The van der Waals surface area contributed by atoms with Crippen molar-refractivity contribution in [3.63, 3.8) is 0 Å². The number of pyridine rings is 2. The predicted molar refractivity (Wildman–Crippen MR) is 118 cm³/mol. The van der Waals surface area contributed by atoms with E-state index in [9.17, 15) is 24.3 Å². The van der Waals surface area contributed by atoms with Crippen molar-refractivity contribution in [2.24, 2.45) is 19.5 Å². The fraction of sp³-hybridized carbons (Fsp3) is 0.304. The fourth-order valence-corrected chi connectivity index (χ4v) is 4.97. The van der Waals surface area contributed by atoms with E-state index in [1.54, 1.807) is 47.2 Å². The third-order valence-corrected chi connectivity index (χ3v) is 6.49. The van der Waals surface area contributed by atoms with Crippen molar-refractivity contribution >= 4 is 11.8 Å². The maximum atomic E-state index is 13.7. The summed E-state index contributed by atoms with van der Waals surface area (Å²) < 4.78 is 3.29. The maximum Gasteiger partial charge on any atom is 0.329 e. The van der Waals surface area contributed by atoms with E-state index in [2.05, 4.69) is 15.6 Å². The highest BCUT2D eigenvalue weighted by atomic mass is 16.3. The van der Waals surface area contributed by atoms with Crippen LogP contribution in [-0.4, -0.2) is 40.0 Å². The van der Waals surface area contributed by atoms with Crippen LogP contribution in [0.2, 0.25) is 0 Å². The standard InChI is InChI=1S/C23H24N6O5/c1-24-20(32)23(21(33)25-2)16(15-18(30)27(3)22(34)28(4)19(15)31)14-10-6-8-12-29(14)17(23)13-9-5-7-11-26-13/h5-12,16-17H,1-4H3,(H2-,24,25,30,31,32,33). The normalized spacial score (nSPS) is 18.2.